The highest BCUT2D eigenvalue weighted by Crippen LogP contribution is 2.30. The van der Waals surface area contributed by atoms with Crippen LogP contribution in [0.4, 0.5) is 4.79 Å². The van der Waals surface area contributed by atoms with E-state index in [1.54, 1.807) is 0 Å². The summed E-state index contributed by atoms with van der Waals surface area (Å²) in [6, 6.07) is 0. The maximum Gasteiger partial charge on any atom is 0.288 e. The van der Waals surface area contributed by atoms with Crippen molar-refractivity contribution >= 4 is 28.8 Å². The second-order valence-electron chi connectivity index (χ2n) is 4.92. The summed E-state index contributed by atoms with van der Waals surface area (Å²) >= 11 is 1.01. The quantitative estimate of drug-likeness (QED) is 0.751. The fourth-order valence-electron chi connectivity index (χ4n) is 2.68. The zero-order chi connectivity index (χ0) is 13.8. The summed E-state index contributed by atoms with van der Waals surface area (Å²) in [5, 5.41) is 2.58. The number of hydrogen-bond donors (Lipinski definition) is 2. The Balaban J connectivity index is 1.75. The molecule has 19 heavy (non-hydrogen) atoms. The van der Waals surface area contributed by atoms with Gasteiger partial charge in [0.05, 0.1) is 5.75 Å². The van der Waals surface area contributed by atoms with E-state index in [0.717, 1.165) is 31.0 Å². The summed E-state index contributed by atoms with van der Waals surface area (Å²) in [6.45, 7) is 1.12. The third-order valence-corrected chi connectivity index (χ3v) is 4.63. The van der Waals surface area contributed by atoms with Crippen molar-refractivity contribution < 1.29 is 14.4 Å². The van der Waals surface area contributed by atoms with Crippen LogP contribution in [0.25, 0.3) is 0 Å². The Kier molecular flexibility index (Phi) is 4.81. The molecule has 6 nitrogen and oxygen atoms in total. The van der Waals surface area contributed by atoms with Gasteiger partial charge in [0, 0.05) is 19.0 Å². The average molecular weight is 285 g/mol. The molecular weight excluding hydrogens is 266 g/mol. The van der Waals surface area contributed by atoms with Gasteiger partial charge in [-0.05, 0) is 25.3 Å². The Labute approximate surface area is 116 Å². The van der Waals surface area contributed by atoms with Gasteiger partial charge in [-0.1, -0.05) is 18.2 Å². The predicted octanol–water partition coefficient (Wildman–Crippen LogP) is 0.173. The molecule has 1 saturated carbocycles. The van der Waals surface area contributed by atoms with E-state index >= 15 is 0 Å². The molecule has 3 N–H and O–H groups in total. The smallest absolute Gasteiger partial charge is 0.288 e. The highest BCUT2D eigenvalue weighted by Gasteiger charge is 2.32. The van der Waals surface area contributed by atoms with Crippen molar-refractivity contribution in [3.8, 4) is 0 Å². The van der Waals surface area contributed by atoms with E-state index < -0.39 is 0 Å². The van der Waals surface area contributed by atoms with Gasteiger partial charge >= 0.3 is 0 Å². The molecule has 0 spiro atoms. The number of imide groups is 1. The van der Waals surface area contributed by atoms with Crippen LogP contribution in [-0.4, -0.2) is 47.3 Å². The zero-order valence-electron chi connectivity index (χ0n) is 10.8. The molecule has 1 heterocycles. The molecule has 2 fully saturated rings. The molecule has 0 aromatic carbocycles. The van der Waals surface area contributed by atoms with Crippen LogP contribution in [0.2, 0.25) is 0 Å². The van der Waals surface area contributed by atoms with Gasteiger partial charge in [-0.3, -0.25) is 19.3 Å². The van der Waals surface area contributed by atoms with Gasteiger partial charge in [-0.25, -0.2) is 0 Å². The maximum absolute atomic E-state index is 12.0. The largest absolute Gasteiger partial charge is 0.354 e. The van der Waals surface area contributed by atoms with Crippen LogP contribution in [0.15, 0.2) is 0 Å². The number of thioether (sulfide) groups is 1. The third-order valence-electron chi connectivity index (χ3n) is 3.77. The van der Waals surface area contributed by atoms with E-state index in [1.165, 1.54) is 4.90 Å². The van der Waals surface area contributed by atoms with E-state index in [2.05, 4.69) is 5.32 Å². The number of amides is 3. The van der Waals surface area contributed by atoms with E-state index in [1.807, 2.05) is 0 Å². The summed E-state index contributed by atoms with van der Waals surface area (Å²) in [5.74, 6) is 0.296. The maximum atomic E-state index is 12.0. The summed E-state index contributed by atoms with van der Waals surface area (Å²) in [4.78, 5) is 35.9. The van der Waals surface area contributed by atoms with Crippen LogP contribution >= 0.6 is 11.8 Å². The highest BCUT2D eigenvalue weighted by atomic mass is 32.2. The highest BCUT2D eigenvalue weighted by molar-refractivity contribution is 8.14. The van der Waals surface area contributed by atoms with Crippen LogP contribution in [0.1, 0.15) is 19.3 Å². The van der Waals surface area contributed by atoms with Crippen molar-refractivity contribution in [2.75, 3.05) is 25.4 Å². The Bertz CT molecular complexity index is 372. The van der Waals surface area contributed by atoms with Crippen molar-refractivity contribution in [3.63, 3.8) is 0 Å². The van der Waals surface area contributed by atoms with Gasteiger partial charge in [-0.2, -0.15) is 0 Å². The van der Waals surface area contributed by atoms with Gasteiger partial charge < -0.3 is 11.1 Å². The van der Waals surface area contributed by atoms with Crippen LogP contribution in [0.5, 0.6) is 0 Å². The van der Waals surface area contributed by atoms with Gasteiger partial charge in [0.2, 0.25) is 11.8 Å². The van der Waals surface area contributed by atoms with Crippen LogP contribution in [0, 0.1) is 11.8 Å². The molecule has 7 heteroatoms. The minimum absolute atomic E-state index is 0.000280. The number of nitrogens with two attached hydrogens (primary N) is 1. The first-order valence-electron chi connectivity index (χ1n) is 6.58. The monoisotopic (exact) mass is 285 g/mol. The van der Waals surface area contributed by atoms with Crippen LogP contribution in [-0.2, 0) is 9.59 Å². The van der Waals surface area contributed by atoms with Crippen molar-refractivity contribution in [1.82, 2.24) is 10.2 Å². The molecule has 1 aliphatic heterocycles. The van der Waals surface area contributed by atoms with Crippen molar-refractivity contribution in [1.29, 1.82) is 0 Å². The number of nitrogens with zero attached hydrogens (tertiary/aromatic N) is 1. The van der Waals surface area contributed by atoms with Gasteiger partial charge in [-0.15, -0.1) is 0 Å². The number of nitrogens with one attached hydrogen (secondary N) is 1. The molecule has 0 bridgehead atoms. The Morgan fingerprint density at radius 1 is 1.42 bits per heavy atom. The summed E-state index contributed by atoms with van der Waals surface area (Å²) in [5.41, 5.74) is 5.65. The fourth-order valence-corrected chi connectivity index (χ4v) is 3.43. The van der Waals surface area contributed by atoms with Gasteiger partial charge in [0.1, 0.15) is 0 Å². The van der Waals surface area contributed by atoms with Crippen molar-refractivity contribution in [2.45, 2.75) is 19.3 Å². The molecule has 0 unspecified atom stereocenters. The molecule has 1 saturated heterocycles. The molecule has 2 aliphatic rings. The number of carbonyl (C=O) groups is 3. The minimum Gasteiger partial charge on any atom is -0.354 e. The SMILES string of the molecule is NC[C@H]1CCC[C@H]1C(=O)NCCN1C(=O)CSC1=O. The molecule has 106 valence electrons. The number of hydrogen-bond acceptors (Lipinski definition) is 5. The lowest BCUT2D eigenvalue weighted by Crippen LogP contribution is -2.41. The molecular formula is C12H19N3O3S. The average Bonchev–Trinajstić information content (AvgIpc) is 2.99. The molecule has 3 amide bonds. The zero-order valence-corrected chi connectivity index (χ0v) is 11.6. The van der Waals surface area contributed by atoms with Gasteiger partial charge in [0.25, 0.3) is 5.24 Å². The summed E-state index contributed by atoms with van der Waals surface area (Å²) < 4.78 is 0. The summed E-state index contributed by atoms with van der Waals surface area (Å²) in [6.07, 6.45) is 2.93. The Morgan fingerprint density at radius 3 is 2.84 bits per heavy atom. The molecule has 0 aromatic heterocycles. The molecule has 0 radical (unpaired) electrons. The topological polar surface area (TPSA) is 92.5 Å². The number of carbonyl (C=O) groups excluding carboxylic acids is 3. The minimum atomic E-state index is -0.222. The van der Waals surface area contributed by atoms with E-state index in [-0.39, 0.29) is 41.2 Å². The van der Waals surface area contributed by atoms with E-state index in [9.17, 15) is 14.4 Å². The second kappa shape index (κ2) is 6.38. The molecule has 1 aliphatic carbocycles. The third kappa shape index (κ3) is 3.27. The normalized spacial score (nSPS) is 27.1. The first-order chi connectivity index (χ1) is 9.13. The van der Waals surface area contributed by atoms with Crippen LogP contribution in [0.3, 0.4) is 0 Å². The van der Waals surface area contributed by atoms with Crippen molar-refractivity contribution in [3.05, 3.63) is 0 Å². The lowest BCUT2D eigenvalue weighted by molar-refractivity contribution is -0.127. The fraction of sp³-hybridized carbons (Fsp3) is 0.750. The lowest BCUT2D eigenvalue weighted by Gasteiger charge is -2.18. The Hall–Kier alpha value is -1.08. The summed E-state index contributed by atoms with van der Waals surface area (Å²) in [7, 11) is 0. The van der Waals surface area contributed by atoms with E-state index in [0.29, 0.717) is 13.1 Å². The number of rotatable bonds is 5. The lowest BCUT2D eigenvalue weighted by atomic mass is 9.95. The first-order valence-corrected chi connectivity index (χ1v) is 7.57. The first kappa shape index (κ1) is 14.3. The predicted molar refractivity (Wildman–Crippen MR) is 72.5 cm³/mol. The van der Waals surface area contributed by atoms with Gasteiger partial charge in [0.15, 0.2) is 0 Å². The standard InChI is InChI=1S/C12H19N3O3S/c13-6-8-2-1-3-9(8)11(17)14-4-5-15-10(16)7-19-12(15)18/h8-9H,1-7,13H2,(H,14,17)/t8-,9-/m1/s1. The van der Waals surface area contributed by atoms with Crippen LogP contribution < -0.4 is 11.1 Å². The van der Waals surface area contributed by atoms with E-state index in [4.69, 9.17) is 5.73 Å². The Morgan fingerprint density at radius 2 is 2.21 bits per heavy atom. The second-order valence-corrected chi connectivity index (χ2v) is 5.85. The molecule has 2 atom stereocenters. The molecule has 0 aromatic rings. The molecule has 2 rings (SSSR count). The van der Waals surface area contributed by atoms with Crippen molar-refractivity contribution in [2.24, 2.45) is 17.6 Å².